The third-order valence-electron chi connectivity index (χ3n) is 3.60. The van der Waals surface area contributed by atoms with Gasteiger partial charge in [-0.05, 0) is 12.8 Å². The lowest BCUT2D eigenvalue weighted by molar-refractivity contribution is -0.137. The molecule has 0 aromatic carbocycles. The first-order valence-corrected chi connectivity index (χ1v) is 7.75. The van der Waals surface area contributed by atoms with E-state index in [1.807, 2.05) is 6.34 Å². The van der Waals surface area contributed by atoms with Gasteiger partial charge in [0.25, 0.3) is 0 Å². The van der Waals surface area contributed by atoms with Gasteiger partial charge in [-0.2, -0.15) is 0 Å². The Morgan fingerprint density at radius 1 is 1.00 bits per heavy atom. The van der Waals surface area contributed by atoms with E-state index in [2.05, 4.69) is 9.89 Å². The molecule has 4 nitrogen and oxygen atoms in total. The molecular formula is C15H28N2O2. The average molecular weight is 268 g/mol. The van der Waals surface area contributed by atoms with Gasteiger partial charge in [0.1, 0.15) is 0 Å². The van der Waals surface area contributed by atoms with Crippen molar-refractivity contribution >= 4 is 12.3 Å². The quantitative estimate of drug-likeness (QED) is 0.552. The molecule has 19 heavy (non-hydrogen) atoms. The topological polar surface area (TPSA) is 52.9 Å². The Hall–Kier alpha value is -1.06. The highest BCUT2D eigenvalue weighted by Gasteiger charge is 2.03. The van der Waals surface area contributed by atoms with Crippen LogP contribution in [0.4, 0.5) is 0 Å². The number of rotatable bonds is 12. The Bertz CT molecular complexity index is 267. The maximum absolute atomic E-state index is 10.3. The van der Waals surface area contributed by atoms with Crippen molar-refractivity contribution in [3.63, 3.8) is 0 Å². The molecule has 0 unspecified atom stereocenters. The average Bonchev–Trinajstić information content (AvgIpc) is 2.88. The number of unbranched alkanes of at least 4 members (excludes halogenated alkanes) is 8. The second-order valence-corrected chi connectivity index (χ2v) is 5.38. The van der Waals surface area contributed by atoms with Gasteiger partial charge in [0.15, 0.2) is 0 Å². The summed E-state index contributed by atoms with van der Waals surface area (Å²) in [6.07, 6.45) is 13.2. The molecule has 0 bridgehead atoms. The number of hydrogen-bond acceptors (Lipinski definition) is 3. The van der Waals surface area contributed by atoms with Crippen LogP contribution in [0, 0.1) is 0 Å². The first-order chi connectivity index (χ1) is 9.29. The molecule has 0 saturated heterocycles. The summed E-state index contributed by atoms with van der Waals surface area (Å²) >= 11 is 0. The van der Waals surface area contributed by atoms with Crippen LogP contribution >= 0.6 is 0 Å². The molecule has 1 aliphatic rings. The molecule has 0 aromatic rings. The highest BCUT2D eigenvalue weighted by Crippen LogP contribution is 2.11. The maximum atomic E-state index is 10.3. The highest BCUT2D eigenvalue weighted by molar-refractivity contribution is 5.66. The second kappa shape index (κ2) is 10.8. The van der Waals surface area contributed by atoms with Crippen molar-refractivity contribution in [3.8, 4) is 0 Å². The minimum absolute atomic E-state index is 0.333. The Kier molecular flexibility index (Phi) is 9.11. The Labute approximate surface area is 116 Å². The number of nitrogens with zero attached hydrogens (tertiary/aromatic N) is 2. The van der Waals surface area contributed by atoms with Crippen molar-refractivity contribution in [1.29, 1.82) is 0 Å². The minimum atomic E-state index is -0.664. The smallest absolute Gasteiger partial charge is 0.303 e. The van der Waals surface area contributed by atoms with Gasteiger partial charge in [0.2, 0.25) is 0 Å². The third kappa shape index (κ3) is 9.51. The Morgan fingerprint density at radius 2 is 1.58 bits per heavy atom. The predicted molar refractivity (Wildman–Crippen MR) is 78.7 cm³/mol. The molecule has 0 radical (unpaired) electrons. The summed E-state index contributed by atoms with van der Waals surface area (Å²) in [5.74, 6) is -0.664. The van der Waals surface area contributed by atoms with Gasteiger partial charge >= 0.3 is 5.97 Å². The second-order valence-electron chi connectivity index (χ2n) is 5.38. The van der Waals surface area contributed by atoms with Crippen LogP contribution in [0.25, 0.3) is 0 Å². The van der Waals surface area contributed by atoms with E-state index in [0.29, 0.717) is 6.42 Å². The van der Waals surface area contributed by atoms with Gasteiger partial charge in [-0.3, -0.25) is 9.79 Å². The summed E-state index contributed by atoms with van der Waals surface area (Å²) < 4.78 is 0. The molecular weight excluding hydrogens is 240 g/mol. The van der Waals surface area contributed by atoms with Crippen LogP contribution in [-0.4, -0.2) is 41.9 Å². The fourth-order valence-corrected chi connectivity index (χ4v) is 2.42. The van der Waals surface area contributed by atoms with E-state index in [4.69, 9.17) is 5.11 Å². The van der Waals surface area contributed by atoms with E-state index in [1.54, 1.807) is 0 Å². The fraction of sp³-hybridized carbons (Fsp3) is 0.867. The standard InChI is InChI=1S/C15H28N2O2/c18-15(19)10-8-6-4-2-1-3-5-7-9-12-17-13-11-16-14-17/h14H,1-13H2,(H,18,19). The van der Waals surface area contributed by atoms with Crippen molar-refractivity contribution in [2.24, 2.45) is 4.99 Å². The summed E-state index contributed by atoms with van der Waals surface area (Å²) in [6.45, 7) is 3.25. The van der Waals surface area contributed by atoms with E-state index < -0.39 is 5.97 Å². The van der Waals surface area contributed by atoms with Crippen LogP contribution in [0.5, 0.6) is 0 Å². The van der Waals surface area contributed by atoms with Crippen molar-refractivity contribution in [1.82, 2.24) is 4.90 Å². The number of carbonyl (C=O) groups is 1. The van der Waals surface area contributed by atoms with Crippen molar-refractivity contribution in [3.05, 3.63) is 0 Å². The molecule has 0 amide bonds. The normalized spacial score (nSPS) is 14.2. The third-order valence-corrected chi connectivity index (χ3v) is 3.60. The zero-order valence-corrected chi connectivity index (χ0v) is 12.0. The number of aliphatic carboxylic acids is 1. The molecule has 0 aliphatic carbocycles. The van der Waals surface area contributed by atoms with Crippen LogP contribution in [0.1, 0.15) is 64.2 Å². The Morgan fingerprint density at radius 3 is 2.11 bits per heavy atom. The lowest BCUT2D eigenvalue weighted by Gasteiger charge is -2.12. The summed E-state index contributed by atoms with van der Waals surface area (Å²) in [7, 11) is 0. The summed E-state index contributed by atoms with van der Waals surface area (Å²) in [6, 6.07) is 0. The molecule has 0 fully saturated rings. The van der Waals surface area contributed by atoms with E-state index >= 15 is 0 Å². The van der Waals surface area contributed by atoms with Crippen molar-refractivity contribution in [2.75, 3.05) is 19.6 Å². The van der Waals surface area contributed by atoms with E-state index in [-0.39, 0.29) is 0 Å². The number of carboxylic acid groups (broad SMARTS) is 1. The van der Waals surface area contributed by atoms with Gasteiger partial charge in [-0.25, -0.2) is 0 Å². The van der Waals surface area contributed by atoms with Crippen molar-refractivity contribution in [2.45, 2.75) is 64.2 Å². The molecule has 0 aromatic heterocycles. The lowest BCUT2D eigenvalue weighted by atomic mass is 10.1. The van der Waals surface area contributed by atoms with Crippen LogP contribution in [0.3, 0.4) is 0 Å². The first-order valence-electron chi connectivity index (χ1n) is 7.75. The molecule has 1 N–H and O–H groups in total. The number of aliphatic imine (C=N–C) groups is 1. The monoisotopic (exact) mass is 268 g/mol. The molecule has 0 saturated carbocycles. The number of hydrogen-bond donors (Lipinski definition) is 1. The zero-order valence-electron chi connectivity index (χ0n) is 12.0. The van der Waals surface area contributed by atoms with Gasteiger partial charge in [0.05, 0.1) is 12.9 Å². The molecule has 1 rings (SSSR count). The van der Waals surface area contributed by atoms with Crippen LogP contribution in [0.2, 0.25) is 0 Å². The molecule has 1 heterocycles. The van der Waals surface area contributed by atoms with Crippen LogP contribution in [0.15, 0.2) is 4.99 Å². The predicted octanol–water partition coefficient (Wildman–Crippen LogP) is 3.32. The molecule has 1 aliphatic heterocycles. The van der Waals surface area contributed by atoms with Crippen LogP contribution < -0.4 is 0 Å². The summed E-state index contributed by atoms with van der Waals surface area (Å²) in [5, 5.41) is 8.50. The number of carboxylic acids is 1. The van der Waals surface area contributed by atoms with Gasteiger partial charge < -0.3 is 10.0 Å². The fourth-order valence-electron chi connectivity index (χ4n) is 2.42. The zero-order chi connectivity index (χ0) is 13.8. The molecule has 110 valence electrons. The van der Waals surface area contributed by atoms with Crippen molar-refractivity contribution < 1.29 is 9.90 Å². The molecule has 0 atom stereocenters. The van der Waals surface area contributed by atoms with Gasteiger partial charge in [-0.15, -0.1) is 0 Å². The molecule has 4 heteroatoms. The Balaban J connectivity index is 1.71. The van der Waals surface area contributed by atoms with Crippen LogP contribution in [-0.2, 0) is 4.79 Å². The SMILES string of the molecule is O=C(O)CCCCCCCCCCCN1C=NCC1. The van der Waals surface area contributed by atoms with E-state index in [0.717, 1.165) is 25.9 Å². The van der Waals surface area contributed by atoms with E-state index in [1.165, 1.54) is 51.5 Å². The maximum Gasteiger partial charge on any atom is 0.303 e. The first kappa shape index (κ1) is 16.0. The lowest BCUT2D eigenvalue weighted by Crippen LogP contribution is -2.20. The minimum Gasteiger partial charge on any atom is -0.481 e. The van der Waals surface area contributed by atoms with Gasteiger partial charge in [0, 0.05) is 19.5 Å². The largest absolute Gasteiger partial charge is 0.481 e. The summed E-state index contributed by atoms with van der Waals surface area (Å²) in [5.41, 5.74) is 0. The summed E-state index contributed by atoms with van der Waals surface area (Å²) in [4.78, 5) is 16.8. The van der Waals surface area contributed by atoms with Gasteiger partial charge in [-0.1, -0.05) is 44.9 Å². The highest BCUT2D eigenvalue weighted by atomic mass is 16.4. The van der Waals surface area contributed by atoms with E-state index in [9.17, 15) is 4.79 Å². The molecule has 0 spiro atoms.